The van der Waals surface area contributed by atoms with Crippen molar-refractivity contribution in [3.63, 3.8) is 0 Å². The van der Waals surface area contributed by atoms with E-state index >= 15 is 0 Å². The van der Waals surface area contributed by atoms with Crippen LogP contribution in [0.3, 0.4) is 0 Å². The lowest BCUT2D eigenvalue weighted by atomic mass is 9.64. The van der Waals surface area contributed by atoms with Gasteiger partial charge in [0.25, 0.3) is 0 Å². The Bertz CT molecular complexity index is 485. The lowest BCUT2D eigenvalue weighted by molar-refractivity contribution is 0.109. The minimum absolute atomic E-state index is 0.529. The molecule has 0 unspecified atom stereocenters. The number of nitrogens with zero attached hydrogens (tertiary/aromatic N) is 1. The first-order chi connectivity index (χ1) is 9.42. The first-order valence-corrected chi connectivity index (χ1v) is 8.00. The van der Waals surface area contributed by atoms with E-state index in [0.29, 0.717) is 10.8 Å². The predicted molar refractivity (Wildman–Crippen MR) is 89.8 cm³/mol. The van der Waals surface area contributed by atoms with Crippen LogP contribution < -0.4 is 0 Å². The molecule has 20 heavy (non-hydrogen) atoms. The fourth-order valence-corrected chi connectivity index (χ4v) is 3.12. The third-order valence-electron chi connectivity index (χ3n) is 4.94. The van der Waals surface area contributed by atoms with Crippen LogP contribution in [0, 0.1) is 10.8 Å². The van der Waals surface area contributed by atoms with E-state index in [2.05, 4.69) is 55.3 Å². The van der Waals surface area contributed by atoms with Gasteiger partial charge >= 0.3 is 0 Å². The fourth-order valence-electron chi connectivity index (χ4n) is 3.02. The van der Waals surface area contributed by atoms with E-state index < -0.39 is 0 Å². The van der Waals surface area contributed by atoms with Gasteiger partial charge in [0.15, 0.2) is 0 Å². The molecular weight excluding hydrogens is 262 g/mol. The molecule has 0 aromatic heterocycles. The Morgan fingerprint density at radius 2 is 1.65 bits per heavy atom. The minimum atomic E-state index is 0.529. The van der Waals surface area contributed by atoms with Crippen molar-refractivity contribution in [2.24, 2.45) is 15.8 Å². The summed E-state index contributed by atoms with van der Waals surface area (Å²) < 4.78 is 0. The highest BCUT2D eigenvalue weighted by atomic mass is 32.1. The largest absolute Gasteiger partial charge is 0.195 e. The summed E-state index contributed by atoms with van der Waals surface area (Å²) in [6.45, 7) is 7.27. The van der Waals surface area contributed by atoms with Gasteiger partial charge in [-0.2, -0.15) is 4.99 Å². The molecule has 0 amide bonds. The van der Waals surface area contributed by atoms with Crippen LogP contribution in [-0.2, 0) is 6.42 Å². The number of thiocarbonyl (C=S) groups is 1. The number of hydrogen-bond donors (Lipinski definition) is 0. The zero-order chi connectivity index (χ0) is 14.6. The first kappa shape index (κ1) is 15.4. The van der Waals surface area contributed by atoms with Gasteiger partial charge in [0.2, 0.25) is 0 Å². The molecule has 1 aliphatic rings. The van der Waals surface area contributed by atoms with Gasteiger partial charge in [0, 0.05) is 0 Å². The zero-order valence-corrected chi connectivity index (χ0v) is 13.7. The molecule has 1 aliphatic carbocycles. The first-order valence-electron chi connectivity index (χ1n) is 7.59. The highest BCUT2D eigenvalue weighted by Gasteiger charge is 2.34. The van der Waals surface area contributed by atoms with Crippen molar-refractivity contribution in [1.82, 2.24) is 0 Å². The zero-order valence-electron chi connectivity index (χ0n) is 12.9. The van der Waals surface area contributed by atoms with Crippen LogP contribution in [-0.4, -0.2) is 5.16 Å². The maximum Gasteiger partial charge on any atom is 0.0739 e. The van der Waals surface area contributed by atoms with Crippen LogP contribution >= 0.6 is 12.2 Å². The van der Waals surface area contributed by atoms with Crippen molar-refractivity contribution in [3.05, 3.63) is 29.8 Å². The standard InChI is InChI=1S/C18H25NS/c1-17(2)10-12-18(3,13-11-17)9-8-15-4-6-16(7-5-15)19-14-20/h4-7H,8-13H2,1-3H3. The van der Waals surface area contributed by atoms with Crippen molar-refractivity contribution < 1.29 is 0 Å². The molecule has 0 atom stereocenters. The second-order valence-corrected chi connectivity index (χ2v) is 7.53. The number of aliphatic imine (C=N–C) groups is 1. The van der Waals surface area contributed by atoms with E-state index in [1.54, 1.807) is 0 Å². The molecule has 1 aromatic rings. The number of hydrogen-bond acceptors (Lipinski definition) is 2. The molecule has 2 heteroatoms. The normalized spacial score (nSPS) is 20.1. The fraction of sp³-hybridized carbons (Fsp3) is 0.611. The van der Waals surface area contributed by atoms with Crippen molar-refractivity contribution in [2.45, 2.75) is 59.3 Å². The average molecular weight is 287 g/mol. The highest BCUT2D eigenvalue weighted by Crippen LogP contribution is 2.47. The van der Waals surface area contributed by atoms with Gasteiger partial charge in [0.1, 0.15) is 0 Å². The molecule has 0 aliphatic heterocycles. The SMILES string of the molecule is CC1(C)CCC(C)(CCc2ccc(N=C=S)cc2)CC1. The number of aryl methyl sites for hydroxylation is 1. The minimum Gasteiger partial charge on any atom is -0.195 e. The molecule has 1 fully saturated rings. The molecule has 1 saturated carbocycles. The van der Waals surface area contributed by atoms with Gasteiger partial charge in [-0.05, 0) is 79.3 Å². The van der Waals surface area contributed by atoms with Crippen molar-refractivity contribution >= 4 is 23.1 Å². The Balaban J connectivity index is 1.90. The van der Waals surface area contributed by atoms with Crippen molar-refractivity contribution in [2.75, 3.05) is 0 Å². The number of benzene rings is 1. The smallest absolute Gasteiger partial charge is 0.0739 e. The predicted octanol–water partition coefficient (Wildman–Crippen LogP) is 5.96. The van der Waals surface area contributed by atoms with Gasteiger partial charge in [-0.25, -0.2) is 0 Å². The van der Waals surface area contributed by atoms with Crippen LogP contribution in [0.1, 0.15) is 58.4 Å². The summed E-state index contributed by atoms with van der Waals surface area (Å²) >= 11 is 4.62. The summed E-state index contributed by atoms with van der Waals surface area (Å²) in [7, 11) is 0. The third kappa shape index (κ3) is 4.26. The summed E-state index contributed by atoms with van der Waals surface area (Å²) in [6.07, 6.45) is 7.93. The van der Waals surface area contributed by atoms with Crippen LogP contribution in [0.5, 0.6) is 0 Å². The van der Waals surface area contributed by atoms with E-state index in [9.17, 15) is 0 Å². The lowest BCUT2D eigenvalue weighted by Crippen LogP contribution is -2.29. The Hall–Kier alpha value is -0.980. The summed E-state index contributed by atoms with van der Waals surface area (Å²) in [5, 5.41) is 2.41. The van der Waals surface area contributed by atoms with Crippen LogP contribution in [0.4, 0.5) is 5.69 Å². The summed E-state index contributed by atoms with van der Waals surface area (Å²) in [6, 6.07) is 8.39. The molecule has 108 valence electrons. The molecule has 1 nitrogen and oxygen atoms in total. The summed E-state index contributed by atoms with van der Waals surface area (Å²) in [5.41, 5.74) is 3.38. The second kappa shape index (κ2) is 6.20. The maximum atomic E-state index is 4.62. The second-order valence-electron chi connectivity index (χ2n) is 7.34. The van der Waals surface area contributed by atoms with Gasteiger partial charge in [-0.3, -0.25) is 0 Å². The van der Waals surface area contributed by atoms with E-state index in [0.717, 1.165) is 5.69 Å². The molecule has 0 radical (unpaired) electrons. The van der Waals surface area contributed by atoms with Gasteiger partial charge in [-0.15, -0.1) is 0 Å². The van der Waals surface area contributed by atoms with Gasteiger partial charge < -0.3 is 0 Å². The molecule has 0 spiro atoms. The van der Waals surface area contributed by atoms with E-state index in [4.69, 9.17) is 0 Å². The highest BCUT2D eigenvalue weighted by molar-refractivity contribution is 7.78. The topological polar surface area (TPSA) is 12.4 Å². The van der Waals surface area contributed by atoms with Crippen LogP contribution in [0.15, 0.2) is 29.3 Å². The molecule has 1 aromatic carbocycles. The number of isothiocyanates is 1. The van der Waals surface area contributed by atoms with E-state index in [1.807, 2.05) is 12.1 Å². The molecule has 0 saturated heterocycles. The molecule has 0 bridgehead atoms. The quantitative estimate of drug-likeness (QED) is 0.491. The Kier molecular flexibility index (Phi) is 4.78. The number of rotatable bonds is 4. The summed E-state index contributed by atoms with van der Waals surface area (Å²) in [5.74, 6) is 0. The monoisotopic (exact) mass is 287 g/mol. The maximum absolute atomic E-state index is 4.62. The van der Waals surface area contributed by atoms with Crippen LogP contribution in [0.25, 0.3) is 0 Å². The Labute approximate surface area is 128 Å². The molecule has 0 N–H and O–H groups in total. The van der Waals surface area contributed by atoms with E-state index in [1.165, 1.54) is 44.1 Å². The van der Waals surface area contributed by atoms with Crippen molar-refractivity contribution in [3.8, 4) is 0 Å². The van der Waals surface area contributed by atoms with Crippen LogP contribution in [0.2, 0.25) is 0 Å². The molecule has 2 rings (SSSR count). The lowest BCUT2D eigenvalue weighted by Gasteiger charge is -2.41. The Morgan fingerprint density at radius 1 is 1.05 bits per heavy atom. The van der Waals surface area contributed by atoms with Crippen molar-refractivity contribution in [1.29, 1.82) is 0 Å². The van der Waals surface area contributed by atoms with E-state index in [-0.39, 0.29) is 0 Å². The molecule has 0 heterocycles. The Morgan fingerprint density at radius 3 is 2.20 bits per heavy atom. The molecular formula is C18H25NS. The van der Waals surface area contributed by atoms with Gasteiger partial charge in [-0.1, -0.05) is 32.9 Å². The average Bonchev–Trinajstić information content (AvgIpc) is 2.43. The van der Waals surface area contributed by atoms with Gasteiger partial charge in [0.05, 0.1) is 10.8 Å². The summed E-state index contributed by atoms with van der Waals surface area (Å²) in [4.78, 5) is 3.99. The third-order valence-corrected chi connectivity index (χ3v) is 5.03.